The van der Waals surface area contributed by atoms with Crippen LogP contribution >= 0.6 is 0 Å². The smallest absolute Gasteiger partial charge is 0.0140 e. The van der Waals surface area contributed by atoms with Crippen molar-refractivity contribution in [2.45, 2.75) is 57.5 Å². The Kier molecular flexibility index (Phi) is 5.32. The maximum Gasteiger partial charge on any atom is 0.0140 e. The van der Waals surface area contributed by atoms with Gasteiger partial charge < -0.3 is 11.1 Å². The van der Waals surface area contributed by atoms with Gasteiger partial charge in [0.15, 0.2) is 0 Å². The normalized spacial score (nSPS) is 32.0. The summed E-state index contributed by atoms with van der Waals surface area (Å²) in [5.41, 5.74) is 8.94. The molecule has 1 aromatic carbocycles. The lowest BCUT2D eigenvalue weighted by atomic mass is 9.86. The predicted octanol–water partition coefficient (Wildman–Crippen LogP) is 3.98. The van der Waals surface area contributed by atoms with Gasteiger partial charge in [-0.2, -0.15) is 0 Å². The number of nitrogens with one attached hydrogen (secondary N) is 1. The molecule has 2 aliphatic rings. The molecule has 0 radical (unpaired) electrons. The van der Waals surface area contributed by atoms with Crippen molar-refractivity contribution >= 4 is 6.08 Å². The molecule has 0 heterocycles. The van der Waals surface area contributed by atoms with Crippen LogP contribution in [0.4, 0.5) is 0 Å². The van der Waals surface area contributed by atoms with Crippen LogP contribution in [0.25, 0.3) is 6.08 Å². The Balaban J connectivity index is 1.47. The molecule has 0 saturated heterocycles. The van der Waals surface area contributed by atoms with Gasteiger partial charge in [-0.05, 0) is 62.5 Å². The summed E-state index contributed by atoms with van der Waals surface area (Å²) in [7, 11) is 0. The molecule has 2 fully saturated rings. The Morgan fingerprint density at radius 3 is 2.59 bits per heavy atom. The predicted molar refractivity (Wildman–Crippen MR) is 94.5 cm³/mol. The molecule has 0 spiro atoms. The van der Waals surface area contributed by atoms with Crippen molar-refractivity contribution in [2.75, 3.05) is 6.54 Å². The van der Waals surface area contributed by atoms with Crippen LogP contribution in [-0.2, 0) is 0 Å². The Morgan fingerprint density at radius 1 is 1.18 bits per heavy atom. The van der Waals surface area contributed by atoms with Gasteiger partial charge in [-0.15, -0.1) is 0 Å². The van der Waals surface area contributed by atoms with Gasteiger partial charge in [0, 0.05) is 12.1 Å². The summed E-state index contributed by atoms with van der Waals surface area (Å²) in [4.78, 5) is 0. The lowest BCUT2D eigenvalue weighted by Crippen LogP contribution is -2.32. The monoisotopic (exact) mass is 298 g/mol. The summed E-state index contributed by atoms with van der Waals surface area (Å²) in [6, 6.07) is 11.9. The van der Waals surface area contributed by atoms with Gasteiger partial charge in [0.25, 0.3) is 0 Å². The van der Waals surface area contributed by atoms with Gasteiger partial charge in [-0.25, -0.2) is 0 Å². The van der Waals surface area contributed by atoms with E-state index in [1.807, 2.05) is 0 Å². The Morgan fingerprint density at radius 2 is 1.91 bits per heavy atom. The van der Waals surface area contributed by atoms with Gasteiger partial charge in [-0.1, -0.05) is 48.9 Å². The zero-order valence-corrected chi connectivity index (χ0v) is 13.8. The summed E-state index contributed by atoms with van der Waals surface area (Å²) >= 11 is 0. The highest BCUT2D eigenvalue weighted by Gasteiger charge is 2.39. The van der Waals surface area contributed by atoms with E-state index in [4.69, 9.17) is 5.73 Å². The summed E-state index contributed by atoms with van der Waals surface area (Å²) < 4.78 is 0. The van der Waals surface area contributed by atoms with Crippen LogP contribution in [-0.4, -0.2) is 18.6 Å². The number of hydrogen-bond donors (Lipinski definition) is 2. The van der Waals surface area contributed by atoms with E-state index in [9.17, 15) is 0 Å². The summed E-state index contributed by atoms with van der Waals surface area (Å²) in [6.07, 6.45) is 9.93. The van der Waals surface area contributed by atoms with E-state index in [2.05, 4.69) is 48.6 Å². The maximum absolute atomic E-state index is 5.99. The summed E-state index contributed by atoms with van der Waals surface area (Å²) in [5, 5.41) is 3.81. The van der Waals surface area contributed by atoms with E-state index in [1.54, 1.807) is 5.57 Å². The maximum atomic E-state index is 5.99. The second-order valence-corrected chi connectivity index (χ2v) is 7.12. The first kappa shape index (κ1) is 15.8. The molecule has 22 heavy (non-hydrogen) atoms. The average Bonchev–Trinajstić information content (AvgIpc) is 3.32. The molecule has 2 heteroatoms. The van der Waals surface area contributed by atoms with Crippen molar-refractivity contribution in [3.63, 3.8) is 0 Å². The molecule has 2 saturated carbocycles. The van der Waals surface area contributed by atoms with Crippen molar-refractivity contribution in [1.29, 1.82) is 0 Å². The van der Waals surface area contributed by atoms with Crippen LogP contribution in [0, 0.1) is 11.8 Å². The van der Waals surface area contributed by atoms with Crippen LogP contribution in [0.1, 0.15) is 51.0 Å². The molecule has 1 aromatic rings. The molecular weight excluding hydrogens is 268 g/mol. The highest BCUT2D eigenvalue weighted by molar-refractivity contribution is 5.54. The number of benzene rings is 1. The SMILES string of the molecule is CC/C(=C\c1ccccc1)[C@@H]1C[C@H]1NC[C@H]1CC[C@H](N)CC1. The molecule has 0 unspecified atom stereocenters. The molecule has 120 valence electrons. The van der Waals surface area contributed by atoms with Crippen molar-refractivity contribution in [3.05, 3.63) is 41.5 Å². The van der Waals surface area contributed by atoms with Gasteiger partial charge in [0.05, 0.1) is 0 Å². The fourth-order valence-corrected chi connectivity index (χ4v) is 3.78. The quantitative estimate of drug-likeness (QED) is 0.834. The van der Waals surface area contributed by atoms with Crippen molar-refractivity contribution in [1.82, 2.24) is 5.32 Å². The molecule has 0 aromatic heterocycles. The van der Waals surface area contributed by atoms with E-state index < -0.39 is 0 Å². The number of rotatable bonds is 6. The number of nitrogens with two attached hydrogens (primary N) is 1. The van der Waals surface area contributed by atoms with Gasteiger partial charge in [-0.3, -0.25) is 0 Å². The highest BCUT2D eigenvalue weighted by Crippen LogP contribution is 2.40. The Hall–Kier alpha value is -1.12. The molecule has 0 bridgehead atoms. The molecule has 2 nitrogen and oxygen atoms in total. The Bertz CT molecular complexity index is 486. The van der Waals surface area contributed by atoms with Crippen LogP contribution in [0.2, 0.25) is 0 Å². The highest BCUT2D eigenvalue weighted by atomic mass is 15.0. The van der Waals surface area contributed by atoms with Crippen LogP contribution < -0.4 is 11.1 Å². The van der Waals surface area contributed by atoms with E-state index in [-0.39, 0.29) is 0 Å². The van der Waals surface area contributed by atoms with Crippen molar-refractivity contribution in [3.8, 4) is 0 Å². The molecule has 2 atom stereocenters. The number of hydrogen-bond acceptors (Lipinski definition) is 2. The summed E-state index contributed by atoms with van der Waals surface area (Å²) in [6.45, 7) is 3.48. The van der Waals surface area contributed by atoms with Crippen LogP contribution in [0.5, 0.6) is 0 Å². The third-order valence-electron chi connectivity index (χ3n) is 5.39. The molecule has 2 aliphatic carbocycles. The van der Waals surface area contributed by atoms with Crippen molar-refractivity contribution in [2.24, 2.45) is 17.6 Å². The fraction of sp³-hybridized carbons (Fsp3) is 0.600. The molecular formula is C20H30N2. The topological polar surface area (TPSA) is 38.0 Å². The van der Waals surface area contributed by atoms with Gasteiger partial charge >= 0.3 is 0 Å². The standard InChI is InChI=1S/C20H30N2/c1-2-17(12-15-6-4-3-5-7-15)19-13-20(19)22-14-16-8-10-18(21)11-9-16/h3-7,12,16,18-20,22H,2,8-11,13-14,21H2,1H3/b17-12+/t16-,18-,19-,20+/m0/s1. The molecule has 0 amide bonds. The van der Waals surface area contributed by atoms with Crippen molar-refractivity contribution < 1.29 is 0 Å². The largest absolute Gasteiger partial charge is 0.328 e. The first-order valence-electron chi connectivity index (χ1n) is 9.00. The first-order chi connectivity index (χ1) is 10.8. The lowest BCUT2D eigenvalue weighted by Gasteiger charge is -2.26. The third-order valence-corrected chi connectivity index (χ3v) is 5.39. The first-order valence-corrected chi connectivity index (χ1v) is 9.00. The van der Waals surface area contributed by atoms with Gasteiger partial charge in [0.1, 0.15) is 0 Å². The zero-order chi connectivity index (χ0) is 15.4. The Labute approximate surface area is 135 Å². The van der Waals surface area contributed by atoms with Crippen LogP contribution in [0.15, 0.2) is 35.9 Å². The van der Waals surface area contributed by atoms with E-state index in [0.29, 0.717) is 12.1 Å². The van der Waals surface area contributed by atoms with Gasteiger partial charge in [0.2, 0.25) is 0 Å². The van der Waals surface area contributed by atoms with E-state index >= 15 is 0 Å². The second-order valence-electron chi connectivity index (χ2n) is 7.12. The van der Waals surface area contributed by atoms with Crippen LogP contribution in [0.3, 0.4) is 0 Å². The molecule has 0 aliphatic heterocycles. The minimum Gasteiger partial charge on any atom is -0.328 e. The average molecular weight is 298 g/mol. The third kappa shape index (κ3) is 4.21. The molecule has 3 rings (SSSR count). The molecule has 3 N–H and O–H groups in total. The lowest BCUT2D eigenvalue weighted by molar-refractivity contribution is 0.313. The minimum absolute atomic E-state index is 0.463. The van der Waals surface area contributed by atoms with E-state index in [1.165, 1.54) is 44.2 Å². The fourth-order valence-electron chi connectivity index (χ4n) is 3.78. The second kappa shape index (κ2) is 7.43. The summed E-state index contributed by atoms with van der Waals surface area (Å²) in [5.74, 6) is 1.61. The minimum atomic E-state index is 0.463. The van der Waals surface area contributed by atoms with E-state index in [0.717, 1.165) is 18.3 Å². The zero-order valence-electron chi connectivity index (χ0n) is 13.8.